The van der Waals surface area contributed by atoms with Crippen molar-refractivity contribution in [2.45, 2.75) is 50.6 Å². The normalized spacial score (nSPS) is 18.9. The second kappa shape index (κ2) is 6.78. The Hall–Kier alpha value is -1.89. The minimum absolute atomic E-state index is 0.111. The molecule has 136 valence electrons. The topological polar surface area (TPSA) is 48.2 Å². The summed E-state index contributed by atoms with van der Waals surface area (Å²) in [5.41, 5.74) is -0.861. The Kier molecular flexibility index (Phi) is 4.86. The van der Waals surface area contributed by atoms with Gasteiger partial charge in [-0.1, -0.05) is 32.0 Å². The molecule has 1 fully saturated rings. The number of aromatic nitrogens is 2. The zero-order valence-corrected chi connectivity index (χ0v) is 14.3. The third-order valence-electron chi connectivity index (χ3n) is 4.97. The average molecular weight is 354 g/mol. The van der Waals surface area contributed by atoms with Crippen LogP contribution in [-0.2, 0) is 16.3 Å². The van der Waals surface area contributed by atoms with Crippen molar-refractivity contribution >= 4 is 0 Å². The largest absolute Gasteiger partial charge is 0.424 e. The Balaban J connectivity index is 2.07. The number of nitrogens with zero attached hydrogens (tertiary/aromatic N) is 2. The molecule has 1 saturated heterocycles. The van der Waals surface area contributed by atoms with Gasteiger partial charge >= 0.3 is 6.18 Å². The Labute approximate surface area is 144 Å². The van der Waals surface area contributed by atoms with E-state index in [0.29, 0.717) is 43.4 Å². The second-order valence-electron chi connectivity index (χ2n) is 6.53. The van der Waals surface area contributed by atoms with E-state index in [1.807, 2.05) is 13.8 Å². The number of halogens is 3. The van der Waals surface area contributed by atoms with Gasteiger partial charge in [-0.25, -0.2) is 0 Å². The highest BCUT2D eigenvalue weighted by Crippen LogP contribution is 2.42. The maximum atomic E-state index is 13.1. The van der Waals surface area contributed by atoms with E-state index in [4.69, 9.17) is 9.15 Å². The van der Waals surface area contributed by atoms with E-state index in [1.165, 1.54) is 12.1 Å². The van der Waals surface area contributed by atoms with Gasteiger partial charge in [0.05, 0.1) is 11.0 Å². The average Bonchev–Trinajstić information content (AvgIpc) is 3.12. The Bertz CT molecular complexity index is 721. The first-order chi connectivity index (χ1) is 11.9. The monoisotopic (exact) mass is 354 g/mol. The van der Waals surface area contributed by atoms with Gasteiger partial charge in [-0.15, -0.1) is 10.2 Å². The van der Waals surface area contributed by atoms with Crippen molar-refractivity contribution in [3.8, 4) is 0 Å². The van der Waals surface area contributed by atoms with E-state index in [0.717, 1.165) is 12.5 Å². The van der Waals surface area contributed by atoms with Gasteiger partial charge in [0, 0.05) is 19.1 Å². The molecule has 0 unspecified atom stereocenters. The fourth-order valence-corrected chi connectivity index (χ4v) is 3.14. The molecule has 2 heterocycles. The van der Waals surface area contributed by atoms with Gasteiger partial charge in [0.15, 0.2) is 0 Å². The number of ether oxygens (including phenoxy) is 1. The van der Waals surface area contributed by atoms with E-state index in [1.54, 1.807) is 6.07 Å². The van der Waals surface area contributed by atoms with Gasteiger partial charge < -0.3 is 9.15 Å². The minimum Gasteiger partial charge on any atom is -0.424 e. The lowest BCUT2D eigenvalue weighted by molar-refractivity contribution is -0.137. The van der Waals surface area contributed by atoms with Gasteiger partial charge in [0.25, 0.3) is 0 Å². The maximum Gasteiger partial charge on any atom is 0.416 e. The Morgan fingerprint density at radius 3 is 2.56 bits per heavy atom. The molecule has 25 heavy (non-hydrogen) atoms. The molecule has 2 aromatic rings. The van der Waals surface area contributed by atoms with Crippen molar-refractivity contribution in [1.29, 1.82) is 0 Å². The van der Waals surface area contributed by atoms with Crippen LogP contribution in [0.4, 0.5) is 13.2 Å². The molecule has 3 rings (SSSR count). The molecule has 0 amide bonds. The van der Waals surface area contributed by atoms with Gasteiger partial charge in [0.2, 0.25) is 11.8 Å². The van der Waals surface area contributed by atoms with Crippen LogP contribution < -0.4 is 0 Å². The van der Waals surface area contributed by atoms with Crippen molar-refractivity contribution in [3.63, 3.8) is 0 Å². The van der Waals surface area contributed by atoms with E-state index in [2.05, 4.69) is 10.2 Å². The van der Waals surface area contributed by atoms with Crippen LogP contribution in [0.5, 0.6) is 0 Å². The van der Waals surface area contributed by atoms with E-state index < -0.39 is 17.2 Å². The summed E-state index contributed by atoms with van der Waals surface area (Å²) in [6.45, 7) is 4.89. The van der Waals surface area contributed by atoms with Crippen LogP contribution in [-0.4, -0.2) is 23.4 Å². The molecule has 1 aromatic carbocycles. The summed E-state index contributed by atoms with van der Waals surface area (Å²) in [5.74, 6) is 1.01. The summed E-state index contributed by atoms with van der Waals surface area (Å²) in [6.07, 6.45) is -2.52. The number of rotatable bonds is 4. The van der Waals surface area contributed by atoms with Crippen LogP contribution >= 0.6 is 0 Å². The van der Waals surface area contributed by atoms with Crippen LogP contribution in [0.1, 0.15) is 61.9 Å². The minimum atomic E-state index is -4.39. The number of hydrogen-bond acceptors (Lipinski definition) is 4. The first kappa shape index (κ1) is 17.9. The summed E-state index contributed by atoms with van der Waals surface area (Å²) in [5, 5.41) is 8.32. The number of hydrogen-bond donors (Lipinski definition) is 0. The van der Waals surface area contributed by atoms with Crippen molar-refractivity contribution in [2.24, 2.45) is 0 Å². The smallest absolute Gasteiger partial charge is 0.416 e. The Morgan fingerprint density at radius 2 is 1.92 bits per heavy atom. The highest BCUT2D eigenvalue weighted by atomic mass is 19.4. The first-order valence-corrected chi connectivity index (χ1v) is 8.46. The molecule has 1 atom stereocenters. The molecule has 4 nitrogen and oxygen atoms in total. The first-order valence-electron chi connectivity index (χ1n) is 8.46. The fraction of sp³-hybridized carbons (Fsp3) is 0.556. The van der Waals surface area contributed by atoms with Gasteiger partial charge in [-0.2, -0.15) is 13.2 Å². The highest BCUT2D eigenvalue weighted by Gasteiger charge is 2.43. The van der Waals surface area contributed by atoms with Crippen molar-refractivity contribution in [2.75, 3.05) is 13.2 Å². The van der Waals surface area contributed by atoms with Crippen molar-refractivity contribution in [3.05, 3.63) is 47.2 Å². The molecule has 1 aliphatic heterocycles. The standard InChI is InChI=1S/C18H21F3N2O2/c1-3-12(2)15-22-23-16(25-15)17(7-9-24-10-8-17)13-5-4-6-14(11-13)18(19,20)21/h4-6,11-12H,3,7-10H2,1-2H3/t12-/m1/s1. The van der Waals surface area contributed by atoms with Gasteiger partial charge in [-0.3, -0.25) is 0 Å². The highest BCUT2D eigenvalue weighted by molar-refractivity contribution is 5.36. The molecule has 0 spiro atoms. The lowest BCUT2D eigenvalue weighted by atomic mass is 9.73. The van der Waals surface area contributed by atoms with Crippen LogP contribution in [0.15, 0.2) is 28.7 Å². The maximum absolute atomic E-state index is 13.1. The van der Waals surface area contributed by atoms with Crippen molar-refractivity contribution < 1.29 is 22.3 Å². The fourth-order valence-electron chi connectivity index (χ4n) is 3.14. The molecule has 0 radical (unpaired) electrons. The third kappa shape index (κ3) is 3.42. The summed E-state index contributed by atoms with van der Waals surface area (Å²) in [4.78, 5) is 0. The summed E-state index contributed by atoms with van der Waals surface area (Å²) < 4.78 is 50.8. The van der Waals surface area contributed by atoms with E-state index in [-0.39, 0.29) is 5.92 Å². The predicted molar refractivity (Wildman–Crippen MR) is 85.3 cm³/mol. The number of benzene rings is 1. The zero-order chi connectivity index (χ0) is 18.1. The van der Waals surface area contributed by atoms with Gasteiger partial charge in [0.1, 0.15) is 0 Å². The van der Waals surface area contributed by atoms with E-state index >= 15 is 0 Å². The van der Waals surface area contributed by atoms with E-state index in [9.17, 15) is 13.2 Å². The Morgan fingerprint density at radius 1 is 1.20 bits per heavy atom. The lowest BCUT2D eigenvalue weighted by Crippen LogP contribution is -2.35. The molecular formula is C18H21F3N2O2. The quantitative estimate of drug-likeness (QED) is 0.799. The number of alkyl halides is 3. The molecule has 7 heteroatoms. The van der Waals surface area contributed by atoms with Crippen LogP contribution in [0, 0.1) is 0 Å². The van der Waals surface area contributed by atoms with Crippen molar-refractivity contribution in [1.82, 2.24) is 10.2 Å². The zero-order valence-electron chi connectivity index (χ0n) is 14.3. The van der Waals surface area contributed by atoms with Crippen LogP contribution in [0.2, 0.25) is 0 Å². The summed E-state index contributed by atoms with van der Waals surface area (Å²) in [7, 11) is 0. The molecule has 1 aliphatic rings. The third-order valence-corrected chi connectivity index (χ3v) is 4.97. The predicted octanol–water partition coefficient (Wildman–Crippen LogP) is 4.70. The molecule has 1 aromatic heterocycles. The molecular weight excluding hydrogens is 333 g/mol. The summed E-state index contributed by atoms with van der Waals surface area (Å²) >= 11 is 0. The van der Waals surface area contributed by atoms with Crippen LogP contribution in [0.25, 0.3) is 0 Å². The van der Waals surface area contributed by atoms with Gasteiger partial charge in [-0.05, 0) is 30.9 Å². The molecule has 0 bridgehead atoms. The van der Waals surface area contributed by atoms with Crippen LogP contribution in [0.3, 0.4) is 0 Å². The summed E-state index contributed by atoms with van der Waals surface area (Å²) in [6, 6.07) is 5.41. The molecule has 0 aliphatic carbocycles. The lowest BCUT2D eigenvalue weighted by Gasteiger charge is -2.34. The SMILES string of the molecule is CC[C@@H](C)c1nnc(C2(c3cccc(C(F)(F)F)c3)CCOCC2)o1. The second-order valence-corrected chi connectivity index (χ2v) is 6.53. The molecule has 0 N–H and O–H groups in total. The molecule has 0 saturated carbocycles.